The predicted molar refractivity (Wildman–Crippen MR) is 50.4 cm³/mol. The molecule has 6 heteroatoms. The first-order valence-electron chi connectivity index (χ1n) is 4.12. The molecule has 0 aliphatic carbocycles. The maximum absolute atomic E-state index is 10.4. The van der Waals surface area contributed by atoms with Crippen LogP contribution in [0, 0.1) is 10.1 Å². The van der Waals surface area contributed by atoms with Crippen molar-refractivity contribution in [3.05, 3.63) is 39.9 Å². The Bertz CT molecular complexity index is 377. The zero-order valence-electron chi connectivity index (χ0n) is 7.75. The summed E-state index contributed by atoms with van der Waals surface area (Å²) in [6, 6.07) is 5.87. The van der Waals surface area contributed by atoms with Gasteiger partial charge in [-0.1, -0.05) is 12.1 Å². The number of rotatable bonds is 5. The number of aliphatic carboxylic acids is 1. The molecule has 0 amide bonds. The summed E-state index contributed by atoms with van der Waals surface area (Å²) in [6.45, 7) is -0.364. The third-order valence-corrected chi connectivity index (χ3v) is 1.62. The summed E-state index contributed by atoms with van der Waals surface area (Å²) in [5.41, 5.74) is 0.539. The number of benzene rings is 1. The predicted octanol–water partition coefficient (Wildman–Crippen LogP) is 1.20. The van der Waals surface area contributed by atoms with Gasteiger partial charge in [-0.15, -0.1) is 0 Å². The molecule has 6 nitrogen and oxygen atoms in total. The molecule has 0 radical (unpaired) electrons. The fourth-order valence-electron chi connectivity index (χ4n) is 1.02. The number of ether oxygens (including phenoxy) is 1. The molecule has 0 spiro atoms. The Morgan fingerprint density at radius 2 is 2.27 bits per heavy atom. The molecule has 0 atom stereocenters. The molecule has 0 heterocycles. The van der Waals surface area contributed by atoms with Crippen LogP contribution >= 0.6 is 0 Å². The van der Waals surface area contributed by atoms with Crippen LogP contribution in [0.3, 0.4) is 0 Å². The normalized spacial score (nSPS) is 9.87. The Balaban J connectivity index is 2.58. The van der Waals surface area contributed by atoms with Crippen molar-refractivity contribution in [3.8, 4) is 0 Å². The second kappa shape index (κ2) is 5.06. The van der Waals surface area contributed by atoms with Crippen molar-refractivity contribution in [2.75, 3.05) is 6.61 Å². The molecule has 15 heavy (non-hydrogen) atoms. The molecule has 1 N–H and O–H groups in total. The molecule has 1 aromatic carbocycles. The number of hydrogen-bond acceptors (Lipinski definition) is 4. The van der Waals surface area contributed by atoms with Gasteiger partial charge >= 0.3 is 5.97 Å². The van der Waals surface area contributed by atoms with E-state index in [1.165, 1.54) is 18.2 Å². The van der Waals surface area contributed by atoms with Crippen molar-refractivity contribution >= 4 is 11.7 Å². The van der Waals surface area contributed by atoms with Crippen LogP contribution in [0.4, 0.5) is 5.69 Å². The highest BCUT2D eigenvalue weighted by Crippen LogP contribution is 2.13. The van der Waals surface area contributed by atoms with Crippen LogP contribution in [0.25, 0.3) is 0 Å². The second-order valence-electron chi connectivity index (χ2n) is 2.81. The van der Waals surface area contributed by atoms with E-state index in [-0.39, 0.29) is 12.3 Å². The van der Waals surface area contributed by atoms with E-state index in [0.717, 1.165) is 0 Å². The van der Waals surface area contributed by atoms with Gasteiger partial charge in [0.05, 0.1) is 11.5 Å². The fourth-order valence-corrected chi connectivity index (χ4v) is 1.02. The Morgan fingerprint density at radius 3 is 2.87 bits per heavy atom. The molecule has 0 unspecified atom stereocenters. The molecule has 0 fully saturated rings. The van der Waals surface area contributed by atoms with Gasteiger partial charge in [-0.2, -0.15) is 0 Å². The van der Waals surface area contributed by atoms with Crippen LogP contribution in [0.1, 0.15) is 5.56 Å². The fraction of sp³-hybridized carbons (Fsp3) is 0.222. The Morgan fingerprint density at radius 1 is 1.53 bits per heavy atom. The van der Waals surface area contributed by atoms with Crippen molar-refractivity contribution in [2.45, 2.75) is 6.61 Å². The molecule has 0 bridgehead atoms. The van der Waals surface area contributed by atoms with Crippen LogP contribution in [-0.4, -0.2) is 22.6 Å². The van der Waals surface area contributed by atoms with Gasteiger partial charge in [-0.05, 0) is 5.56 Å². The van der Waals surface area contributed by atoms with Gasteiger partial charge in [0.25, 0.3) is 5.69 Å². The minimum absolute atomic E-state index is 0.0357. The number of carbonyl (C=O) groups is 1. The van der Waals surface area contributed by atoms with E-state index in [0.29, 0.717) is 5.56 Å². The molecule has 0 saturated heterocycles. The minimum Gasteiger partial charge on any atom is -0.480 e. The number of hydrogen-bond donors (Lipinski definition) is 1. The van der Waals surface area contributed by atoms with Crippen LogP contribution < -0.4 is 0 Å². The lowest BCUT2D eigenvalue weighted by Crippen LogP contribution is -2.06. The van der Waals surface area contributed by atoms with Crippen molar-refractivity contribution < 1.29 is 19.6 Å². The van der Waals surface area contributed by atoms with Crippen molar-refractivity contribution in [2.24, 2.45) is 0 Å². The maximum atomic E-state index is 10.4. The third-order valence-electron chi connectivity index (χ3n) is 1.62. The van der Waals surface area contributed by atoms with Crippen molar-refractivity contribution in [3.63, 3.8) is 0 Å². The molecule has 1 aromatic rings. The first-order chi connectivity index (χ1) is 7.09. The third kappa shape index (κ3) is 3.74. The van der Waals surface area contributed by atoms with Gasteiger partial charge in [-0.25, -0.2) is 4.79 Å². The first-order valence-corrected chi connectivity index (χ1v) is 4.12. The summed E-state index contributed by atoms with van der Waals surface area (Å²) in [6.07, 6.45) is 0. The van der Waals surface area contributed by atoms with Crippen molar-refractivity contribution in [1.82, 2.24) is 0 Å². The summed E-state index contributed by atoms with van der Waals surface area (Å²) in [4.78, 5) is 20.0. The van der Waals surface area contributed by atoms with E-state index in [9.17, 15) is 14.9 Å². The SMILES string of the molecule is O=C(O)COCc1cccc([N+](=O)[O-])c1. The maximum Gasteiger partial charge on any atom is 0.329 e. The summed E-state index contributed by atoms with van der Waals surface area (Å²) in [5.74, 6) is -1.07. The highest BCUT2D eigenvalue weighted by molar-refractivity contribution is 5.67. The van der Waals surface area contributed by atoms with E-state index >= 15 is 0 Å². The lowest BCUT2D eigenvalue weighted by Gasteiger charge is -2.00. The van der Waals surface area contributed by atoms with Gasteiger partial charge < -0.3 is 9.84 Å². The van der Waals surface area contributed by atoms with Gasteiger partial charge in [0, 0.05) is 12.1 Å². The van der Waals surface area contributed by atoms with Gasteiger partial charge in [-0.3, -0.25) is 10.1 Å². The van der Waals surface area contributed by atoms with E-state index in [2.05, 4.69) is 0 Å². The van der Waals surface area contributed by atoms with Crippen LogP contribution in [0.15, 0.2) is 24.3 Å². The van der Waals surface area contributed by atoms with Crippen LogP contribution in [-0.2, 0) is 16.1 Å². The monoisotopic (exact) mass is 211 g/mol. The zero-order chi connectivity index (χ0) is 11.3. The van der Waals surface area contributed by atoms with E-state index < -0.39 is 17.5 Å². The highest BCUT2D eigenvalue weighted by atomic mass is 16.6. The topological polar surface area (TPSA) is 89.7 Å². The number of non-ortho nitro benzene ring substituents is 1. The standard InChI is InChI=1S/C9H9NO5/c11-9(12)6-15-5-7-2-1-3-8(4-7)10(13)14/h1-4H,5-6H2,(H,11,12). The number of nitrogens with zero attached hydrogens (tertiary/aromatic N) is 1. The van der Waals surface area contributed by atoms with Gasteiger partial charge in [0.15, 0.2) is 0 Å². The summed E-state index contributed by atoms with van der Waals surface area (Å²) < 4.78 is 4.79. The van der Waals surface area contributed by atoms with Crippen LogP contribution in [0.2, 0.25) is 0 Å². The van der Waals surface area contributed by atoms with E-state index in [1.807, 2.05) is 0 Å². The lowest BCUT2D eigenvalue weighted by molar-refractivity contribution is -0.384. The zero-order valence-corrected chi connectivity index (χ0v) is 7.75. The quantitative estimate of drug-likeness (QED) is 0.583. The number of nitro groups is 1. The molecule has 0 aromatic heterocycles. The molecule has 1 rings (SSSR count). The Labute approximate surface area is 85.2 Å². The molecule has 0 aliphatic rings. The van der Waals surface area contributed by atoms with E-state index in [1.54, 1.807) is 6.07 Å². The number of carboxylic acids is 1. The molecular formula is C9H9NO5. The largest absolute Gasteiger partial charge is 0.480 e. The average Bonchev–Trinajstić information content (AvgIpc) is 2.17. The summed E-state index contributed by atoms with van der Waals surface area (Å²) >= 11 is 0. The van der Waals surface area contributed by atoms with Gasteiger partial charge in [0.2, 0.25) is 0 Å². The molecular weight excluding hydrogens is 202 g/mol. The molecule has 0 aliphatic heterocycles. The summed E-state index contributed by atoms with van der Waals surface area (Å²) in [7, 11) is 0. The van der Waals surface area contributed by atoms with Crippen molar-refractivity contribution in [1.29, 1.82) is 0 Å². The molecule has 0 saturated carbocycles. The van der Waals surface area contributed by atoms with Gasteiger partial charge in [0.1, 0.15) is 6.61 Å². The van der Waals surface area contributed by atoms with E-state index in [4.69, 9.17) is 9.84 Å². The summed E-state index contributed by atoms with van der Waals surface area (Å²) in [5, 5.41) is 18.7. The Hall–Kier alpha value is -1.95. The van der Waals surface area contributed by atoms with Crippen LogP contribution in [0.5, 0.6) is 0 Å². The smallest absolute Gasteiger partial charge is 0.329 e. The average molecular weight is 211 g/mol. The first kappa shape index (κ1) is 11.1. The second-order valence-corrected chi connectivity index (χ2v) is 2.81. The minimum atomic E-state index is -1.07. The molecule has 80 valence electrons. The highest BCUT2D eigenvalue weighted by Gasteiger charge is 2.05. The number of carboxylic acid groups (broad SMARTS) is 1. The number of nitro benzene ring substituents is 1. The Kier molecular flexibility index (Phi) is 3.75. The lowest BCUT2D eigenvalue weighted by atomic mass is 10.2.